The van der Waals surface area contributed by atoms with E-state index in [1.165, 1.54) is 6.07 Å². The van der Waals surface area contributed by atoms with Crippen LogP contribution in [0.25, 0.3) is 10.9 Å². The van der Waals surface area contributed by atoms with Crippen LogP contribution in [0.15, 0.2) is 54.7 Å². The van der Waals surface area contributed by atoms with Gasteiger partial charge in [0, 0.05) is 18.1 Å². The first-order valence-corrected chi connectivity index (χ1v) is 7.09. The Morgan fingerprint density at radius 2 is 1.83 bits per heavy atom. The summed E-state index contributed by atoms with van der Waals surface area (Å²) in [5.41, 5.74) is 0.445. The standard InChI is InChI=1S/C17H12F3N3O/c18-17(19,20)15-8-5-11(9-21-15)10-22-16(24)14-7-6-12-3-1-2-4-13(12)23-14/h1-9H,10H2,(H,22,24). The van der Waals surface area contributed by atoms with Crippen molar-refractivity contribution >= 4 is 16.8 Å². The van der Waals surface area contributed by atoms with Gasteiger partial charge in [-0.05, 0) is 23.8 Å². The van der Waals surface area contributed by atoms with Gasteiger partial charge in [-0.15, -0.1) is 0 Å². The van der Waals surface area contributed by atoms with E-state index in [0.717, 1.165) is 17.6 Å². The number of aromatic nitrogens is 2. The quantitative estimate of drug-likeness (QED) is 0.798. The summed E-state index contributed by atoms with van der Waals surface area (Å²) in [6.07, 6.45) is -3.38. The Kier molecular flexibility index (Phi) is 4.16. The number of hydrogen-bond donors (Lipinski definition) is 1. The number of benzene rings is 1. The first-order chi connectivity index (χ1) is 11.4. The van der Waals surface area contributed by atoms with Crippen molar-refractivity contribution in [2.24, 2.45) is 0 Å². The fraction of sp³-hybridized carbons (Fsp3) is 0.118. The number of para-hydroxylation sites is 1. The number of carbonyl (C=O) groups is 1. The zero-order chi connectivity index (χ0) is 17.2. The van der Waals surface area contributed by atoms with Gasteiger partial charge in [-0.1, -0.05) is 30.3 Å². The highest BCUT2D eigenvalue weighted by molar-refractivity contribution is 5.94. The van der Waals surface area contributed by atoms with Gasteiger partial charge in [-0.25, -0.2) is 4.98 Å². The van der Waals surface area contributed by atoms with Crippen molar-refractivity contribution in [1.29, 1.82) is 0 Å². The summed E-state index contributed by atoms with van der Waals surface area (Å²) in [6, 6.07) is 12.9. The van der Waals surface area contributed by atoms with Crippen LogP contribution in [0.5, 0.6) is 0 Å². The average Bonchev–Trinajstić information content (AvgIpc) is 2.59. The highest BCUT2D eigenvalue weighted by atomic mass is 19.4. The highest BCUT2D eigenvalue weighted by Gasteiger charge is 2.31. The lowest BCUT2D eigenvalue weighted by atomic mass is 10.2. The number of amides is 1. The van der Waals surface area contributed by atoms with Crippen LogP contribution < -0.4 is 5.32 Å². The van der Waals surface area contributed by atoms with E-state index in [-0.39, 0.29) is 12.2 Å². The third kappa shape index (κ3) is 3.51. The molecule has 0 radical (unpaired) electrons. The van der Waals surface area contributed by atoms with Crippen molar-refractivity contribution in [2.75, 3.05) is 0 Å². The molecule has 24 heavy (non-hydrogen) atoms. The maximum atomic E-state index is 12.4. The summed E-state index contributed by atoms with van der Waals surface area (Å²) in [5.74, 6) is -0.402. The second-order valence-corrected chi connectivity index (χ2v) is 5.12. The minimum Gasteiger partial charge on any atom is -0.347 e. The van der Waals surface area contributed by atoms with E-state index < -0.39 is 17.8 Å². The summed E-state index contributed by atoms with van der Waals surface area (Å²) in [4.78, 5) is 19.7. The van der Waals surface area contributed by atoms with E-state index in [1.54, 1.807) is 18.2 Å². The van der Waals surface area contributed by atoms with Gasteiger partial charge in [0.15, 0.2) is 0 Å². The van der Waals surface area contributed by atoms with Gasteiger partial charge in [0.25, 0.3) is 5.91 Å². The molecule has 0 atom stereocenters. The van der Waals surface area contributed by atoms with E-state index in [9.17, 15) is 18.0 Å². The maximum Gasteiger partial charge on any atom is 0.433 e. The smallest absolute Gasteiger partial charge is 0.347 e. The number of pyridine rings is 2. The van der Waals surface area contributed by atoms with Crippen LogP contribution in [0.4, 0.5) is 13.2 Å². The molecule has 3 aromatic rings. The van der Waals surface area contributed by atoms with Gasteiger partial charge in [-0.2, -0.15) is 13.2 Å². The molecule has 0 saturated carbocycles. The molecule has 0 unspecified atom stereocenters. The third-order valence-corrected chi connectivity index (χ3v) is 3.40. The molecule has 1 N–H and O–H groups in total. The molecule has 0 spiro atoms. The van der Waals surface area contributed by atoms with E-state index in [1.807, 2.05) is 18.2 Å². The Hall–Kier alpha value is -2.96. The fourth-order valence-corrected chi connectivity index (χ4v) is 2.16. The zero-order valence-electron chi connectivity index (χ0n) is 12.3. The van der Waals surface area contributed by atoms with Crippen LogP contribution in [-0.2, 0) is 12.7 Å². The molecule has 0 aliphatic rings. The summed E-state index contributed by atoms with van der Waals surface area (Å²) < 4.78 is 37.3. The van der Waals surface area contributed by atoms with Crippen LogP contribution in [0, 0.1) is 0 Å². The average molecular weight is 331 g/mol. The second-order valence-electron chi connectivity index (χ2n) is 5.12. The van der Waals surface area contributed by atoms with Gasteiger partial charge in [-0.3, -0.25) is 9.78 Å². The lowest BCUT2D eigenvalue weighted by Crippen LogP contribution is -2.24. The largest absolute Gasteiger partial charge is 0.433 e. The molecule has 0 aliphatic carbocycles. The molecule has 3 rings (SSSR count). The van der Waals surface area contributed by atoms with Gasteiger partial charge < -0.3 is 5.32 Å². The van der Waals surface area contributed by atoms with Crippen molar-refractivity contribution in [2.45, 2.75) is 12.7 Å². The number of hydrogen-bond acceptors (Lipinski definition) is 3. The molecule has 0 aliphatic heterocycles. The van der Waals surface area contributed by atoms with Crippen LogP contribution in [0.2, 0.25) is 0 Å². The maximum absolute atomic E-state index is 12.4. The first kappa shape index (κ1) is 15.9. The Balaban J connectivity index is 1.68. The summed E-state index contributed by atoms with van der Waals surface area (Å²) in [7, 11) is 0. The molecular weight excluding hydrogens is 319 g/mol. The minimum atomic E-state index is -4.48. The molecule has 1 amide bonds. The van der Waals surface area contributed by atoms with Crippen LogP contribution in [0.3, 0.4) is 0 Å². The molecule has 122 valence electrons. The van der Waals surface area contributed by atoms with E-state index in [4.69, 9.17) is 0 Å². The minimum absolute atomic E-state index is 0.0679. The molecule has 0 fully saturated rings. The lowest BCUT2D eigenvalue weighted by molar-refractivity contribution is -0.141. The number of nitrogens with one attached hydrogen (secondary N) is 1. The van der Waals surface area contributed by atoms with Crippen LogP contribution >= 0.6 is 0 Å². The van der Waals surface area contributed by atoms with Crippen molar-refractivity contribution in [3.8, 4) is 0 Å². The predicted octanol–water partition coefficient (Wildman–Crippen LogP) is 3.58. The Bertz CT molecular complexity index is 876. The van der Waals surface area contributed by atoms with Gasteiger partial charge in [0.2, 0.25) is 0 Å². The van der Waals surface area contributed by atoms with E-state index in [0.29, 0.717) is 11.1 Å². The fourth-order valence-electron chi connectivity index (χ4n) is 2.16. The van der Waals surface area contributed by atoms with E-state index in [2.05, 4.69) is 15.3 Å². The number of fused-ring (bicyclic) bond motifs is 1. The Morgan fingerprint density at radius 3 is 2.54 bits per heavy atom. The van der Waals surface area contributed by atoms with Crippen molar-refractivity contribution in [3.63, 3.8) is 0 Å². The molecule has 7 heteroatoms. The Labute approximate surface area is 135 Å². The predicted molar refractivity (Wildman–Crippen MR) is 82.2 cm³/mol. The highest BCUT2D eigenvalue weighted by Crippen LogP contribution is 2.27. The Morgan fingerprint density at radius 1 is 1.04 bits per heavy atom. The van der Waals surface area contributed by atoms with Crippen LogP contribution in [0.1, 0.15) is 21.7 Å². The number of alkyl halides is 3. The van der Waals surface area contributed by atoms with Gasteiger partial charge in [0.1, 0.15) is 11.4 Å². The number of halogens is 3. The monoisotopic (exact) mass is 331 g/mol. The second kappa shape index (κ2) is 6.27. The molecule has 2 heterocycles. The van der Waals surface area contributed by atoms with Crippen LogP contribution in [-0.4, -0.2) is 15.9 Å². The normalized spacial score (nSPS) is 11.5. The summed E-state index contributed by atoms with van der Waals surface area (Å²) in [5, 5.41) is 3.53. The molecular formula is C17H12F3N3O. The first-order valence-electron chi connectivity index (χ1n) is 7.09. The molecule has 0 saturated heterocycles. The summed E-state index contributed by atoms with van der Waals surface area (Å²) in [6.45, 7) is 0.0679. The number of carbonyl (C=O) groups excluding carboxylic acids is 1. The molecule has 0 bridgehead atoms. The van der Waals surface area contributed by atoms with Gasteiger partial charge in [0.05, 0.1) is 5.52 Å². The van der Waals surface area contributed by atoms with Crippen molar-refractivity contribution in [1.82, 2.24) is 15.3 Å². The number of rotatable bonds is 3. The SMILES string of the molecule is O=C(NCc1ccc(C(F)(F)F)nc1)c1ccc2ccccc2n1. The number of nitrogens with zero attached hydrogens (tertiary/aromatic N) is 2. The van der Waals surface area contributed by atoms with Crippen molar-refractivity contribution < 1.29 is 18.0 Å². The molecule has 4 nitrogen and oxygen atoms in total. The molecule has 1 aromatic carbocycles. The zero-order valence-corrected chi connectivity index (χ0v) is 12.3. The van der Waals surface area contributed by atoms with Crippen molar-refractivity contribution in [3.05, 3.63) is 71.7 Å². The topological polar surface area (TPSA) is 54.9 Å². The summed E-state index contributed by atoms with van der Waals surface area (Å²) >= 11 is 0. The third-order valence-electron chi connectivity index (χ3n) is 3.40. The molecule has 2 aromatic heterocycles. The lowest BCUT2D eigenvalue weighted by Gasteiger charge is -2.08. The van der Waals surface area contributed by atoms with Gasteiger partial charge >= 0.3 is 6.18 Å². The van der Waals surface area contributed by atoms with E-state index >= 15 is 0 Å².